The van der Waals surface area contributed by atoms with Crippen molar-refractivity contribution in [1.29, 1.82) is 0 Å². The summed E-state index contributed by atoms with van der Waals surface area (Å²) in [4.78, 5) is 8.69. The van der Waals surface area contributed by atoms with Crippen molar-refractivity contribution in [3.05, 3.63) is 23.9 Å². The fraction of sp³-hybridized carbons (Fsp3) is 0.571. The number of aliphatic imine (C=N–C) groups is 1. The summed E-state index contributed by atoms with van der Waals surface area (Å²) < 4.78 is 0.160. The van der Waals surface area contributed by atoms with Gasteiger partial charge < -0.3 is 11.1 Å². The minimum absolute atomic E-state index is 0. The molecule has 1 rings (SSSR count). The Bertz CT molecular complexity index is 441. The van der Waals surface area contributed by atoms with E-state index < -0.39 is 0 Å². The first-order valence-corrected chi connectivity index (χ1v) is 7.28. The molecule has 0 unspecified atom stereocenters. The van der Waals surface area contributed by atoms with E-state index >= 15 is 0 Å². The molecule has 0 aliphatic carbocycles. The van der Waals surface area contributed by atoms with E-state index in [4.69, 9.17) is 5.73 Å². The second-order valence-corrected chi connectivity index (χ2v) is 7.56. The lowest BCUT2D eigenvalue weighted by Gasteiger charge is -2.16. The molecule has 6 heteroatoms. The third-order valence-electron chi connectivity index (χ3n) is 2.08. The number of aromatic nitrogens is 1. The fourth-order valence-corrected chi connectivity index (χ4v) is 2.39. The summed E-state index contributed by atoms with van der Waals surface area (Å²) in [7, 11) is 0. The van der Waals surface area contributed by atoms with Crippen LogP contribution in [0.15, 0.2) is 28.3 Å². The smallest absolute Gasteiger partial charge is 0.189 e. The molecule has 0 amide bonds. The Morgan fingerprint density at radius 3 is 2.65 bits per heavy atom. The summed E-state index contributed by atoms with van der Waals surface area (Å²) in [6.07, 6.45) is 1.82. The van der Waals surface area contributed by atoms with Crippen molar-refractivity contribution in [3.8, 4) is 0 Å². The van der Waals surface area contributed by atoms with Crippen LogP contribution < -0.4 is 11.1 Å². The summed E-state index contributed by atoms with van der Waals surface area (Å²) in [5.74, 6) is 0.483. The molecule has 0 aliphatic heterocycles. The quantitative estimate of drug-likeness (QED) is 0.347. The van der Waals surface area contributed by atoms with Crippen LogP contribution in [0.1, 0.15) is 40.2 Å². The lowest BCUT2D eigenvalue weighted by molar-refractivity contribution is 0.723. The van der Waals surface area contributed by atoms with Crippen LogP contribution in [0, 0.1) is 0 Å². The zero-order valence-electron chi connectivity index (χ0n) is 12.8. The van der Waals surface area contributed by atoms with Crippen molar-refractivity contribution in [3.63, 3.8) is 0 Å². The van der Waals surface area contributed by atoms with Crippen molar-refractivity contribution < 1.29 is 0 Å². The van der Waals surface area contributed by atoms with E-state index in [2.05, 4.69) is 42.1 Å². The maximum atomic E-state index is 5.78. The molecule has 3 N–H and O–H groups in total. The highest BCUT2D eigenvalue weighted by Crippen LogP contribution is 2.30. The van der Waals surface area contributed by atoms with Crippen molar-refractivity contribution >= 4 is 41.7 Å². The molecule has 1 aromatic rings. The number of nitrogens with two attached hydrogens (primary N) is 1. The van der Waals surface area contributed by atoms with Gasteiger partial charge in [0.2, 0.25) is 0 Å². The summed E-state index contributed by atoms with van der Waals surface area (Å²) in [6.45, 7) is 11.2. The number of rotatable bonds is 4. The number of halogens is 1. The van der Waals surface area contributed by atoms with Gasteiger partial charge in [-0.2, -0.15) is 0 Å². The third-order valence-corrected chi connectivity index (χ3v) is 3.12. The van der Waals surface area contributed by atoms with E-state index in [1.165, 1.54) is 0 Å². The van der Waals surface area contributed by atoms with E-state index in [0.29, 0.717) is 18.5 Å². The first kappa shape index (κ1) is 19.5. The Balaban J connectivity index is 0.00000361. The van der Waals surface area contributed by atoms with Crippen LogP contribution in [0.25, 0.3) is 0 Å². The van der Waals surface area contributed by atoms with Crippen LogP contribution in [0.3, 0.4) is 0 Å². The number of hydrogen-bond acceptors (Lipinski definition) is 3. The lowest BCUT2D eigenvalue weighted by Crippen LogP contribution is -2.36. The Hall–Kier alpha value is -0.500. The van der Waals surface area contributed by atoms with Gasteiger partial charge in [-0.3, -0.25) is 0 Å². The van der Waals surface area contributed by atoms with Crippen LogP contribution in [-0.4, -0.2) is 21.7 Å². The molecule has 1 heterocycles. The van der Waals surface area contributed by atoms with Gasteiger partial charge in [-0.1, -0.05) is 20.8 Å². The molecule has 0 aliphatic rings. The average molecular weight is 408 g/mol. The Morgan fingerprint density at radius 1 is 1.45 bits per heavy atom. The fourth-order valence-electron chi connectivity index (χ4n) is 1.44. The second kappa shape index (κ2) is 8.71. The molecule has 4 nitrogen and oxygen atoms in total. The molecule has 20 heavy (non-hydrogen) atoms. The van der Waals surface area contributed by atoms with E-state index in [9.17, 15) is 0 Å². The SMILES string of the molecule is CC(C)NC(N)=NCc1ccnc(SC(C)(C)C)c1.I. The first-order chi connectivity index (χ1) is 8.76. The zero-order chi connectivity index (χ0) is 14.5. The van der Waals surface area contributed by atoms with Gasteiger partial charge in [-0.05, 0) is 31.5 Å². The van der Waals surface area contributed by atoms with Gasteiger partial charge in [0.1, 0.15) is 0 Å². The lowest BCUT2D eigenvalue weighted by atomic mass is 10.3. The highest BCUT2D eigenvalue weighted by Gasteiger charge is 2.13. The van der Waals surface area contributed by atoms with Gasteiger partial charge in [0.05, 0.1) is 11.6 Å². The number of nitrogens with one attached hydrogen (secondary N) is 1. The van der Waals surface area contributed by atoms with E-state index in [-0.39, 0.29) is 28.7 Å². The van der Waals surface area contributed by atoms with Gasteiger partial charge in [0.15, 0.2) is 5.96 Å². The molecule has 0 bridgehead atoms. The highest BCUT2D eigenvalue weighted by molar-refractivity contribution is 14.0. The number of pyridine rings is 1. The van der Waals surface area contributed by atoms with Crippen LogP contribution >= 0.6 is 35.7 Å². The summed E-state index contributed by atoms with van der Waals surface area (Å²) >= 11 is 1.75. The third kappa shape index (κ3) is 8.63. The van der Waals surface area contributed by atoms with Gasteiger partial charge in [-0.25, -0.2) is 9.98 Å². The number of guanidine groups is 1. The molecular weight excluding hydrogens is 383 g/mol. The highest BCUT2D eigenvalue weighted by atomic mass is 127. The Kier molecular flexibility index (Phi) is 8.50. The summed E-state index contributed by atoms with van der Waals surface area (Å²) in [5, 5.41) is 4.10. The molecule has 0 aromatic carbocycles. The predicted octanol–water partition coefficient (Wildman–Crippen LogP) is 3.40. The average Bonchev–Trinajstić information content (AvgIpc) is 2.23. The molecule has 0 saturated carbocycles. The summed E-state index contributed by atoms with van der Waals surface area (Å²) in [5.41, 5.74) is 6.90. The predicted molar refractivity (Wildman–Crippen MR) is 98.9 cm³/mol. The maximum absolute atomic E-state index is 5.78. The molecule has 114 valence electrons. The normalized spacial score (nSPS) is 12.2. The van der Waals surface area contributed by atoms with Crippen molar-refractivity contribution in [1.82, 2.24) is 10.3 Å². The van der Waals surface area contributed by atoms with E-state index in [1.807, 2.05) is 26.1 Å². The molecule has 0 spiro atoms. The topological polar surface area (TPSA) is 63.3 Å². The van der Waals surface area contributed by atoms with Gasteiger partial charge in [0, 0.05) is 17.0 Å². The zero-order valence-corrected chi connectivity index (χ0v) is 16.0. The second-order valence-electron chi connectivity index (χ2n) is 5.72. The minimum atomic E-state index is 0. The molecular formula is C14H25IN4S. The van der Waals surface area contributed by atoms with E-state index in [1.54, 1.807) is 11.8 Å². The van der Waals surface area contributed by atoms with Crippen LogP contribution in [-0.2, 0) is 6.54 Å². The first-order valence-electron chi connectivity index (χ1n) is 6.46. The molecule has 0 atom stereocenters. The standard InChI is InChI=1S/C14H24N4S.HI/c1-10(2)18-13(15)17-9-11-6-7-16-12(8-11)19-14(3,4)5;/h6-8,10H,9H2,1-5H3,(H3,15,17,18);1H. The molecule has 0 fully saturated rings. The Morgan fingerprint density at radius 2 is 2.10 bits per heavy atom. The number of thioether (sulfide) groups is 1. The molecule has 0 saturated heterocycles. The number of nitrogens with zero attached hydrogens (tertiary/aromatic N) is 2. The van der Waals surface area contributed by atoms with Gasteiger partial charge in [-0.15, -0.1) is 35.7 Å². The number of hydrogen-bond donors (Lipinski definition) is 2. The van der Waals surface area contributed by atoms with Crippen LogP contribution in [0.2, 0.25) is 0 Å². The monoisotopic (exact) mass is 408 g/mol. The van der Waals surface area contributed by atoms with Crippen molar-refractivity contribution in [2.45, 2.75) is 57.0 Å². The van der Waals surface area contributed by atoms with Crippen LogP contribution in [0.5, 0.6) is 0 Å². The van der Waals surface area contributed by atoms with Crippen molar-refractivity contribution in [2.75, 3.05) is 0 Å². The van der Waals surface area contributed by atoms with Crippen LogP contribution in [0.4, 0.5) is 0 Å². The largest absolute Gasteiger partial charge is 0.370 e. The van der Waals surface area contributed by atoms with Gasteiger partial charge in [0.25, 0.3) is 0 Å². The summed E-state index contributed by atoms with van der Waals surface area (Å²) in [6, 6.07) is 4.34. The van der Waals surface area contributed by atoms with Gasteiger partial charge >= 0.3 is 0 Å². The van der Waals surface area contributed by atoms with Crippen molar-refractivity contribution in [2.24, 2.45) is 10.7 Å². The molecule has 1 aromatic heterocycles. The molecule has 0 radical (unpaired) electrons. The maximum Gasteiger partial charge on any atom is 0.189 e. The minimum Gasteiger partial charge on any atom is -0.370 e. The Labute approximate surface area is 143 Å². The van der Waals surface area contributed by atoms with E-state index in [0.717, 1.165) is 10.6 Å².